The van der Waals surface area contributed by atoms with E-state index in [2.05, 4.69) is 23.4 Å². The molecule has 0 spiro atoms. The Morgan fingerprint density at radius 1 is 1.40 bits per heavy atom. The molecule has 1 heterocycles. The van der Waals surface area contributed by atoms with Crippen LogP contribution >= 0.6 is 11.8 Å². The van der Waals surface area contributed by atoms with E-state index in [-0.39, 0.29) is 5.75 Å². The molecule has 4 nitrogen and oxygen atoms in total. The number of nitrogens with zero attached hydrogens (tertiary/aromatic N) is 2. The van der Waals surface area contributed by atoms with Gasteiger partial charge >= 0.3 is 5.97 Å². The summed E-state index contributed by atoms with van der Waals surface area (Å²) in [6.07, 6.45) is 9.49. The van der Waals surface area contributed by atoms with Gasteiger partial charge in [-0.1, -0.05) is 51.3 Å². The van der Waals surface area contributed by atoms with Crippen molar-refractivity contribution in [3.63, 3.8) is 0 Å². The van der Waals surface area contributed by atoms with Gasteiger partial charge in [0.1, 0.15) is 0 Å². The molecule has 0 atom stereocenters. The maximum atomic E-state index is 10.8. The van der Waals surface area contributed by atoms with Crippen molar-refractivity contribution in [1.29, 1.82) is 0 Å². The second-order valence-electron chi connectivity index (χ2n) is 5.82. The average Bonchev–Trinajstić information content (AvgIpc) is 2.63. The van der Waals surface area contributed by atoms with E-state index in [1.165, 1.54) is 56.0 Å². The normalized spacial score (nSPS) is 17.4. The van der Waals surface area contributed by atoms with Crippen LogP contribution in [0.15, 0.2) is 11.4 Å². The molecule has 0 amide bonds. The molecule has 1 aliphatic rings. The number of aliphatic carboxylic acids is 1. The Labute approximate surface area is 125 Å². The predicted octanol–water partition coefficient (Wildman–Crippen LogP) is 4.08. The Morgan fingerprint density at radius 3 is 2.60 bits per heavy atom. The molecule has 1 N–H and O–H groups in total. The van der Waals surface area contributed by atoms with Gasteiger partial charge in [0.2, 0.25) is 0 Å². The van der Waals surface area contributed by atoms with Crippen molar-refractivity contribution in [1.82, 2.24) is 9.55 Å². The lowest BCUT2D eigenvalue weighted by molar-refractivity contribution is -0.133. The monoisotopic (exact) mass is 296 g/mol. The third-order valence-electron chi connectivity index (χ3n) is 3.90. The molecule has 1 saturated carbocycles. The molecule has 0 saturated heterocycles. The van der Waals surface area contributed by atoms with Gasteiger partial charge in [0.15, 0.2) is 5.16 Å². The van der Waals surface area contributed by atoms with Crippen LogP contribution in [0, 0.1) is 0 Å². The Balaban J connectivity index is 2.25. The SMILES string of the molecule is CC(C)c1cnc(SCC(=O)O)n1C1CCCCCC1. The maximum Gasteiger partial charge on any atom is 0.313 e. The first-order chi connectivity index (χ1) is 9.59. The molecule has 0 aliphatic heterocycles. The van der Waals surface area contributed by atoms with Crippen LogP contribution in [0.5, 0.6) is 0 Å². The number of rotatable bonds is 5. The summed E-state index contributed by atoms with van der Waals surface area (Å²) in [5.74, 6) is -0.275. The molecule has 1 aromatic rings. The van der Waals surface area contributed by atoms with Gasteiger partial charge in [0, 0.05) is 17.9 Å². The molecule has 112 valence electrons. The number of hydrogen-bond donors (Lipinski definition) is 1. The second kappa shape index (κ2) is 7.16. The van der Waals surface area contributed by atoms with Crippen molar-refractivity contribution in [2.45, 2.75) is 69.5 Å². The standard InChI is InChI=1S/C15H24N2O2S/c1-11(2)13-9-16-15(20-10-14(18)19)17(13)12-7-5-3-4-6-8-12/h9,11-12H,3-8,10H2,1-2H3,(H,18,19). The molecule has 0 unspecified atom stereocenters. The minimum absolute atomic E-state index is 0.0846. The van der Waals surface area contributed by atoms with Crippen molar-refractivity contribution in [2.75, 3.05) is 5.75 Å². The zero-order valence-corrected chi connectivity index (χ0v) is 13.2. The van der Waals surface area contributed by atoms with Crippen LogP contribution in [0.4, 0.5) is 0 Å². The Kier molecular flexibility index (Phi) is 5.52. The van der Waals surface area contributed by atoms with E-state index in [9.17, 15) is 4.79 Å². The quantitative estimate of drug-likeness (QED) is 0.657. The summed E-state index contributed by atoms with van der Waals surface area (Å²) in [6, 6.07) is 0.494. The van der Waals surface area contributed by atoms with Crippen molar-refractivity contribution in [3.05, 3.63) is 11.9 Å². The van der Waals surface area contributed by atoms with Gasteiger partial charge in [-0.2, -0.15) is 0 Å². The van der Waals surface area contributed by atoms with E-state index in [1.54, 1.807) is 0 Å². The van der Waals surface area contributed by atoms with Crippen LogP contribution in [-0.4, -0.2) is 26.4 Å². The summed E-state index contributed by atoms with van der Waals surface area (Å²) < 4.78 is 2.32. The summed E-state index contributed by atoms with van der Waals surface area (Å²) in [7, 11) is 0. The van der Waals surface area contributed by atoms with Crippen molar-refractivity contribution >= 4 is 17.7 Å². The number of aromatic nitrogens is 2. The zero-order chi connectivity index (χ0) is 14.5. The average molecular weight is 296 g/mol. The van der Waals surface area contributed by atoms with Crippen molar-refractivity contribution in [2.24, 2.45) is 0 Å². The van der Waals surface area contributed by atoms with Crippen molar-refractivity contribution in [3.8, 4) is 0 Å². The van der Waals surface area contributed by atoms with E-state index < -0.39 is 5.97 Å². The van der Waals surface area contributed by atoms with Crippen LogP contribution in [0.25, 0.3) is 0 Å². The Morgan fingerprint density at radius 2 is 2.05 bits per heavy atom. The van der Waals surface area contributed by atoms with E-state index in [1.807, 2.05) is 6.20 Å². The third kappa shape index (κ3) is 3.78. The zero-order valence-electron chi connectivity index (χ0n) is 12.3. The summed E-state index contributed by atoms with van der Waals surface area (Å²) in [5, 5.41) is 9.76. The van der Waals surface area contributed by atoms with E-state index in [0.717, 1.165) is 5.16 Å². The lowest BCUT2D eigenvalue weighted by Crippen LogP contribution is -2.14. The molecule has 1 fully saturated rings. The van der Waals surface area contributed by atoms with E-state index in [4.69, 9.17) is 5.11 Å². The minimum Gasteiger partial charge on any atom is -0.481 e. The van der Waals surface area contributed by atoms with Crippen LogP contribution in [0.1, 0.15) is 70.0 Å². The summed E-state index contributed by atoms with van der Waals surface area (Å²) >= 11 is 1.35. The summed E-state index contributed by atoms with van der Waals surface area (Å²) in [5.41, 5.74) is 1.24. The molecular formula is C15H24N2O2S. The molecule has 0 bridgehead atoms. The highest BCUT2D eigenvalue weighted by Gasteiger charge is 2.22. The number of carboxylic acids is 1. The highest BCUT2D eigenvalue weighted by molar-refractivity contribution is 7.99. The molecule has 0 radical (unpaired) electrons. The van der Waals surface area contributed by atoms with Crippen LogP contribution < -0.4 is 0 Å². The molecule has 1 aromatic heterocycles. The van der Waals surface area contributed by atoms with Gasteiger partial charge in [-0.3, -0.25) is 4.79 Å². The molecule has 0 aromatic carbocycles. The number of thioether (sulfide) groups is 1. The molecular weight excluding hydrogens is 272 g/mol. The van der Waals surface area contributed by atoms with Gasteiger partial charge in [-0.05, 0) is 18.8 Å². The fraction of sp³-hybridized carbons (Fsp3) is 0.733. The Hall–Kier alpha value is -0.970. The first kappa shape index (κ1) is 15.4. The fourth-order valence-corrected chi connectivity index (χ4v) is 3.67. The van der Waals surface area contributed by atoms with Crippen LogP contribution in [-0.2, 0) is 4.79 Å². The maximum absolute atomic E-state index is 10.8. The largest absolute Gasteiger partial charge is 0.481 e. The van der Waals surface area contributed by atoms with Crippen LogP contribution in [0.2, 0.25) is 0 Å². The lowest BCUT2D eigenvalue weighted by atomic mass is 10.1. The van der Waals surface area contributed by atoms with E-state index >= 15 is 0 Å². The first-order valence-electron chi connectivity index (χ1n) is 7.51. The second-order valence-corrected chi connectivity index (χ2v) is 6.76. The third-order valence-corrected chi connectivity index (χ3v) is 4.85. The number of hydrogen-bond acceptors (Lipinski definition) is 3. The molecule has 1 aliphatic carbocycles. The van der Waals surface area contributed by atoms with Gasteiger partial charge in [-0.15, -0.1) is 0 Å². The lowest BCUT2D eigenvalue weighted by Gasteiger charge is -2.22. The van der Waals surface area contributed by atoms with Gasteiger partial charge in [-0.25, -0.2) is 4.98 Å². The van der Waals surface area contributed by atoms with Gasteiger partial charge in [0.25, 0.3) is 0 Å². The Bertz CT molecular complexity index is 449. The predicted molar refractivity (Wildman–Crippen MR) is 81.4 cm³/mol. The summed E-state index contributed by atoms with van der Waals surface area (Å²) in [6.45, 7) is 4.35. The highest BCUT2D eigenvalue weighted by Crippen LogP contribution is 2.34. The van der Waals surface area contributed by atoms with Gasteiger partial charge in [0.05, 0.1) is 5.75 Å². The van der Waals surface area contributed by atoms with E-state index in [0.29, 0.717) is 12.0 Å². The molecule has 2 rings (SSSR count). The smallest absolute Gasteiger partial charge is 0.313 e. The fourth-order valence-electron chi connectivity index (χ4n) is 2.90. The minimum atomic E-state index is -0.781. The van der Waals surface area contributed by atoms with Crippen LogP contribution in [0.3, 0.4) is 0 Å². The first-order valence-corrected chi connectivity index (χ1v) is 8.50. The topological polar surface area (TPSA) is 55.1 Å². The number of carbonyl (C=O) groups is 1. The van der Waals surface area contributed by atoms with Gasteiger partial charge < -0.3 is 9.67 Å². The highest BCUT2D eigenvalue weighted by atomic mass is 32.2. The molecule has 20 heavy (non-hydrogen) atoms. The molecule has 5 heteroatoms. The number of imidazole rings is 1. The van der Waals surface area contributed by atoms with Crippen molar-refractivity contribution < 1.29 is 9.90 Å². The number of carboxylic acid groups (broad SMARTS) is 1. The summed E-state index contributed by atoms with van der Waals surface area (Å²) in [4.78, 5) is 15.3.